The van der Waals surface area contributed by atoms with Crippen LogP contribution in [0.4, 0.5) is 5.82 Å². The van der Waals surface area contributed by atoms with Gasteiger partial charge in [0.1, 0.15) is 11.5 Å². The number of halogens is 1. The minimum absolute atomic E-state index is 0.420. The Balaban J connectivity index is 2.44. The summed E-state index contributed by atoms with van der Waals surface area (Å²) in [7, 11) is 1.65. The molecule has 0 saturated heterocycles. The van der Waals surface area contributed by atoms with Gasteiger partial charge < -0.3 is 10.1 Å². The molecule has 0 radical (unpaired) electrons. The Hall–Kier alpha value is -1.53. The van der Waals surface area contributed by atoms with Crippen molar-refractivity contribution in [3.8, 4) is 11.5 Å². The van der Waals surface area contributed by atoms with Crippen molar-refractivity contribution in [3.05, 3.63) is 34.6 Å². The maximum absolute atomic E-state index is 5.19. The first-order valence-corrected chi connectivity index (χ1v) is 7.26. The third-order valence-corrected chi connectivity index (χ3v) is 3.47. The molecule has 0 atom stereocenters. The quantitative estimate of drug-likeness (QED) is 0.877. The minimum Gasteiger partial charge on any atom is -0.378 e. The molecule has 5 nitrogen and oxygen atoms in total. The zero-order valence-electron chi connectivity index (χ0n) is 11.6. The number of aromatic nitrogens is 3. The van der Waals surface area contributed by atoms with Gasteiger partial charge >= 0.3 is 0 Å². The van der Waals surface area contributed by atoms with Crippen LogP contribution in [0.15, 0.2) is 28.9 Å². The number of anilines is 1. The van der Waals surface area contributed by atoms with Gasteiger partial charge in [-0.25, -0.2) is 9.97 Å². The maximum atomic E-state index is 5.19. The number of nitrogens with zero attached hydrogens (tertiary/aromatic N) is 3. The number of ether oxygens (including phenoxy) is 1. The van der Waals surface area contributed by atoms with E-state index in [4.69, 9.17) is 4.74 Å². The Morgan fingerprint density at radius 3 is 2.80 bits per heavy atom. The van der Waals surface area contributed by atoms with Crippen LogP contribution in [-0.4, -0.2) is 28.6 Å². The highest BCUT2D eigenvalue weighted by Gasteiger charge is 2.13. The van der Waals surface area contributed by atoms with E-state index in [9.17, 15) is 0 Å². The lowest BCUT2D eigenvalue weighted by atomic mass is 10.3. The van der Waals surface area contributed by atoms with E-state index in [1.807, 2.05) is 18.2 Å². The molecule has 0 aliphatic carbocycles. The first-order valence-electron chi connectivity index (χ1n) is 6.47. The number of rotatable bonds is 6. The lowest BCUT2D eigenvalue weighted by Crippen LogP contribution is -2.08. The minimum atomic E-state index is 0.420. The van der Waals surface area contributed by atoms with E-state index in [0.717, 1.165) is 34.6 Å². The van der Waals surface area contributed by atoms with Gasteiger partial charge in [-0.15, -0.1) is 0 Å². The van der Waals surface area contributed by atoms with E-state index >= 15 is 0 Å². The van der Waals surface area contributed by atoms with Crippen LogP contribution in [0.2, 0.25) is 0 Å². The lowest BCUT2D eigenvalue weighted by molar-refractivity contribution is 0.181. The van der Waals surface area contributed by atoms with Gasteiger partial charge in [-0.3, -0.25) is 4.98 Å². The molecular formula is C14H17BrN4O. The average molecular weight is 337 g/mol. The zero-order chi connectivity index (χ0) is 14.4. The van der Waals surface area contributed by atoms with Crippen LogP contribution in [0.25, 0.3) is 11.5 Å². The van der Waals surface area contributed by atoms with Crippen LogP contribution in [0, 0.1) is 0 Å². The second kappa shape index (κ2) is 7.31. The Labute approximate surface area is 127 Å². The molecule has 0 fully saturated rings. The van der Waals surface area contributed by atoms with Gasteiger partial charge in [-0.05, 0) is 34.5 Å². The molecule has 0 bridgehead atoms. The van der Waals surface area contributed by atoms with Gasteiger partial charge in [0.2, 0.25) is 0 Å². The number of hydrogen-bond donors (Lipinski definition) is 1. The normalized spacial score (nSPS) is 10.6. The highest BCUT2D eigenvalue weighted by atomic mass is 79.9. The molecule has 0 aliphatic heterocycles. The number of methoxy groups -OCH3 is 1. The van der Waals surface area contributed by atoms with E-state index in [2.05, 4.69) is 43.1 Å². The van der Waals surface area contributed by atoms with Gasteiger partial charge in [0.05, 0.1) is 16.8 Å². The van der Waals surface area contributed by atoms with Crippen LogP contribution < -0.4 is 5.32 Å². The number of nitrogens with one attached hydrogen (secondary N) is 1. The molecule has 106 valence electrons. The van der Waals surface area contributed by atoms with Crippen molar-refractivity contribution in [1.82, 2.24) is 15.0 Å². The van der Waals surface area contributed by atoms with Crippen molar-refractivity contribution < 1.29 is 4.74 Å². The maximum Gasteiger partial charge on any atom is 0.180 e. The monoisotopic (exact) mass is 336 g/mol. The third kappa shape index (κ3) is 3.52. The summed E-state index contributed by atoms with van der Waals surface area (Å²) in [5.41, 5.74) is 1.55. The van der Waals surface area contributed by atoms with Gasteiger partial charge in [0.15, 0.2) is 5.82 Å². The van der Waals surface area contributed by atoms with Crippen LogP contribution in [0.5, 0.6) is 0 Å². The van der Waals surface area contributed by atoms with E-state index < -0.39 is 0 Å². The van der Waals surface area contributed by atoms with Crippen molar-refractivity contribution in [2.45, 2.75) is 20.0 Å². The summed E-state index contributed by atoms with van der Waals surface area (Å²) >= 11 is 3.53. The van der Waals surface area contributed by atoms with Crippen LogP contribution in [0.3, 0.4) is 0 Å². The molecule has 20 heavy (non-hydrogen) atoms. The Kier molecular flexibility index (Phi) is 5.43. The second-order valence-electron chi connectivity index (χ2n) is 4.23. The van der Waals surface area contributed by atoms with Crippen LogP contribution >= 0.6 is 15.9 Å². The molecule has 0 unspecified atom stereocenters. The molecule has 2 heterocycles. The van der Waals surface area contributed by atoms with Crippen LogP contribution in [0.1, 0.15) is 19.0 Å². The Bertz CT molecular complexity index is 563. The van der Waals surface area contributed by atoms with Crippen molar-refractivity contribution >= 4 is 21.7 Å². The lowest BCUT2D eigenvalue weighted by Gasteiger charge is -2.12. The molecule has 0 amide bonds. The van der Waals surface area contributed by atoms with E-state index in [1.54, 1.807) is 13.3 Å². The average Bonchev–Trinajstić information content (AvgIpc) is 2.49. The van der Waals surface area contributed by atoms with Gasteiger partial charge in [-0.1, -0.05) is 13.0 Å². The fourth-order valence-electron chi connectivity index (χ4n) is 1.70. The van der Waals surface area contributed by atoms with Gasteiger partial charge in [-0.2, -0.15) is 0 Å². The highest BCUT2D eigenvalue weighted by molar-refractivity contribution is 9.10. The summed E-state index contributed by atoms with van der Waals surface area (Å²) in [5, 5.41) is 3.29. The van der Waals surface area contributed by atoms with E-state index in [1.165, 1.54) is 0 Å². The smallest absolute Gasteiger partial charge is 0.180 e. The molecule has 0 aliphatic rings. The first-order chi connectivity index (χ1) is 9.76. The molecule has 2 rings (SSSR count). The van der Waals surface area contributed by atoms with E-state index in [0.29, 0.717) is 12.4 Å². The first kappa shape index (κ1) is 14.9. The van der Waals surface area contributed by atoms with Gasteiger partial charge in [0.25, 0.3) is 0 Å². The van der Waals surface area contributed by atoms with Crippen molar-refractivity contribution in [2.75, 3.05) is 19.0 Å². The molecule has 1 N–H and O–H groups in total. The van der Waals surface area contributed by atoms with Crippen molar-refractivity contribution in [2.24, 2.45) is 0 Å². The molecule has 0 saturated carbocycles. The number of hydrogen-bond acceptors (Lipinski definition) is 5. The summed E-state index contributed by atoms with van der Waals surface area (Å²) in [6, 6.07) is 5.68. The summed E-state index contributed by atoms with van der Waals surface area (Å²) in [5.74, 6) is 1.37. The SMILES string of the molecule is CCCNc1nc(-c2ccccn2)nc(COC)c1Br. The molecule has 0 spiro atoms. The Morgan fingerprint density at radius 1 is 1.30 bits per heavy atom. The fraction of sp³-hybridized carbons (Fsp3) is 0.357. The summed E-state index contributed by atoms with van der Waals surface area (Å²) in [6.45, 7) is 3.38. The molecule has 2 aromatic heterocycles. The summed E-state index contributed by atoms with van der Waals surface area (Å²) < 4.78 is 6.03. The summed E-state index contributed by atoms with van der Waals surface area (Å²) in [6.07, 6.45) is 2.75. The highest BCUT2D eigenvalue weighted by Crippen LogP contribution is 2.27. The summed E-state index contributed by atoms with van der Waals surface area (Å²) in [4.78, 5) is 13.3. The second-order valence-corrected chi connectivity index (χ2v) is 5.02. The fourth-order valence-corrected chi connectivity index (χ4v) is 2.13. The topological polar surface area (TPSA) is 59.9 Å². The Morgan fingerprint density at radius 2 is 2.15 bits per heavy atom. The standard InChI is InChI=1S/C14H17BrN4O/c1-3-7-17-14-12(15)11(9-20-2)18-13(19-14)10-6-4-5-8-16-10/h4-6,8H,3,7,9H2,1-2H3,(H,17,18,19). The largest absolute Gasteiger partial charge is 0.378 e. The van der Waals surface area contributed by atoms with Crippen molar-refractivity contribution in [1.29, 1.82) is 0 Å². The predicted octanol–water partition coefficient (Wildman–Crippen LogP) is 3.27. The third-order valence-electron chi connectivity index (χ3n) is 2.64. The predicted molar refractivity (Wildman–Crippen MR) is 82.5 cm³/mol. The zero-order valence-corrected chi connectivity index (χ0v) is 13.1. The van der Waals surface area contributed by atoms with Crippen molar-refractivity contribution in [3.63, 3.8) is 0 Å². The molecule has 2 aromatic rings. The van der Waals surface area contributed by atoms with E-state index in [-0.39, 0.29) is 0 Å². The number of pyridine rings is 1. The van der Waals surface area contributed by atoms with Crippen LogP contribution in [-0.2, 0) is 11.3 Å². The van der Waals surface area contributed by atoms with Gasteiger partial charge in [0, 0.05) is 19.9 Å². The molecule has 0 aromatic carbocycles. The molecule has 6 heteroatoms. The molecular weight excluding hydrogens is 320 g/mol.